The highest BCUT2D eigenvalue weighted by Gasteiger charge is 2.15. The number of halogens is 2. The maximum absolute atomic E-state index is 13.8. The maximum Gasteiger partial charge on any atom is 0.149 e. The summed E-state index contributed by atoms with van der Waals surface area (Å²) < 4.78 is 32.4. The lowest BCUT2D eigenvalue weighted by Gasteiger charge is -2.20. The zero-order valence-corrected chi connectivity index (χ0v) is 9.86. The van der Waals surface area contributed by atoms with Gasteiger partial charge in [-0.3, -0.25) is 0 Å². The van der Waals surface area contributed by atoms with E-state index >= 15 is 0 Å². The van der Waals surface area contributed by atoms with Crippen LogP contribution in [0.25, 0.3) is 0 Å². The molecule has 1 heterocycles. The van der Waals surface area contributed by atoms with E-state index < -0.39 is 11.6 Å². The van der Waals surface area contributed by atoms with Gasteiger partial charge in [-0.05, 0) is 23.8 Å². The van der Waals surface area contributed by atoms with Crippen LogP contribution >= 0.6 is 0 Å². The predicted octanol–water partition coefficient (Wildman–Crippen LogP) is 2.69. The summed E-state index contributed by atoms with van der Waals surface area (Å²) in [5.41, 5.74) is 0.918. The van der Waals surface area contributed by atoms with Gasteiger partial charge in [-0.1, -0.05) is 0 Å². The molecule has 0 fully saturated rings. The first-order valence-corrected chi connectivity index (χ1v) is 5.43. The monoisotopic (exact) mass is 253 g/mol. The Morgan fingerprint density at radius 1 is 1.22 bits per heavy atom. The lowest BCUT2D eigenvalue weighted by Crippen LogP contribution is -2.19. The standard InChI is InChI=1S/C13H13F2NO2/c1-16(6-9-2-3-18-8-9)13-11(14)4-10(7-17)5-12(13)15/h2-5,8,17H,6-7H2,1H3. The molecule has 3 nitrogen and oxygen atoms in total. The fourth-order valence-corrected chi connectivity index (χ4v) is 1.81. The summed E-state index contributed by atoms with van der Waals surface area (Å²) in [6.07, 6.45) is 3.03. The third-order valence-electron chi connectivity index (χ3n) is 2.64. The Morgan fingerprint density at radius 2 is 1.89 bits per heavy atom. The molecule has 2 aromatic rings. The van der Waals surface area contributed by atoms with Crippen LogP contribution in [0.1, 0.15) is 11.1 Å². The van der Waals surface area contributed by atoms with Crippen molar-refractivity contribution in [2.45, 2.75) is 13.2 Å². The molecule has 5 heteroatoms. The van der Waals surface area contributed by atoms with Crippen molar-refractivity contribution in [3.05, 3.63) is 53.5 Å². The topological polar surface area (TPSA) is 36.6 Å². The summed E-state index contributed by atoms with van der Waals surface area (Å²) >= 11 is 0. The van der Waals surface area contributed by atoms with Crippen LogP contribution in [0.5, 0.6) is 0 Å². The zero-order valence-electron chi connectivity index (χ0n) is 9.86. The van der Waals surface area contributed by atoms with E-state index in [0.717, 1.165) is 17.7 Å². The molecule has 0 aliphatic rings. The molecular formula is C13H13F2NO2. The Balaban J connectivity index is 2.27. The van der Waals surface area contributed by atoms with Crippen LogP contribution in [0.4, 0.5) is 14.5 Å². The van der Waals surface area contributed by atoms with E-state index in [0.29, 0.717) is 6.54 Å². The van der Waals surface area contributed by atoms with Crippen LogP contribution in [0.15, 0.2) is 35.1 Å². The highest BCUT2D eigenvalue weighted by Crippen LogP contribution is 2.25. The van der Waals surface area contributed by atoms with Crippen molar-refractivity contribution < 1.29 is 18.3 Å². The van der Waals surface area contributed by atoms with Gasteiger partial charge in [-0.25, -0.2) is 8.78 Å². The number of rotatable bonds is 4. The minimum absolute atomic E-state index is 0.117. The first kappa shape index (κ1) is 12.6. The third-order valence-corrected chi connectivity index (χ3v) is 2.64. The number of aliphatic hydroxyl groups excluding tert-OH is 1. The highest BCUT2D eigenvalue weighted by molar-refractivity contribution is 5.50. The van der Waals surface area contributed by atoms with Crippen LogP contribution in [-0.4, -0.2) is 12.2 Å². The largest absolute Gasteiger partial charge is 0.472 e. The van der Waals surface area contributed by atoms with Crippen molar-refractivity contribution in [1.82, 2.24) is 0 Å². The molecular weight excluding hydrogens is 240 g/mol. The number of anilines is 1. The van der Waals surface area contributed by atoms with E-state index in [1.807, 2.05) is 0 Å². The molecule has 0 spiro atoms. The van der Waals surface area contributed by atoms with Gasteiger partial charge in [0.25, 0.3) is 0 Å². The van der Waals surface area contributed by atoms with Gasteiger partial charge in [-0.2, -0.15) is 0 Å². The first-order chi connectivity index (χ1) is 8.61. The molecule has 0 saturated heterocycles. The Hall–Kier alpha value is -1.88. The first-order valence-electron chi connectivity index (χ1n) is 5.43. The van der Waals surface area contributed by atoms with Crippen molar-refractivity contribution >= 4 is 5.69 Å². The number of hydrogen-bond acceptors (Lipinski definition) is 3. The molecule has 0 bridgehead atoms. The Morgan fingerprint density at radius 3 is 2.39 bits per heavy atom. The molecule has 0 amide bonds. The Kier molecular flexibility index (Phi) is 3.62. The quantitative estimate of drug-likeness (QED) is 0.910. The summed E-state index contributed by atoms with van der Waals surface area (Å²) in [5, 5.41) is 8.86. The van der Waals surface area contributed by atoms with Gasteiger partial charge in [0.05, 0.1) is 19.1 Å². The van der Waals surface area contributed by atoms with E-state index in [2.05, 4.69) is 0 Å². The second-order valence-corrected chi connectivity index (χ2v) is 4.05. The molecule has 0 aliphatic carbocycles. The summed E-state index contributed by atoms with van der Waals surface area (Å²) in [6, 6.07) is 3.99. The maximum atomic E-state index is 13.8. The van der Waals surface area contributed by atoms with Crippen LogP contribution in [-0.2, 0) is 13.2 Å². The number of aliphatic hydroxyl groups is 1. The smallest absolute Gasteiger partial charge is 0.149 e. The van der Waals surface area contributed by atoms with Gasteiger partial charge in [0.2, 0.25) is 0 Å². The summed E-state index contributed by atoms with van der Waals surface area (Å²) in [7, 11) is 1.59. The van der Waals surface area contributed by atoms with Crippen molar-refractivity contribution in [1.29, 1.82) is 0 Å². The molecule has 18 heavy (non-hydrogen) atoms. The molecule has 0 radical (unpaired) electrons. The van der Waals surface area contributed by atoms with Crippen LogP contribution in [0.2, 0.25) is 0 Å². The lowest BCUT2D eigenvalue weighted by molar-refractivity contribution is 0.280. The molecule has 0 unspecified atom stereocenters. The van der Waals surface area contributed by atoms with Crippen molar-refractivity contribution in [3.8, 4) is 0 Å². The predicted molar refractivity (Wildman–Crippen MR) is 63.1 cm³/mol. The van der Waals surface area contributed by atoms with Gasteiger partial charge in [0.15, 0.2) is 0 Å². The van der Waals surface area contributed by atoms with Gasteiger partial charge in [0, 0.05) is 19.2 Å². The van der Waals surface area contributed by atoms with Crippen LogP contribution in [0.3, 0.4) is 0 Å². The summed E-state index contributed by atoms with van der Waals surface area (Å²) in [5.74, 6) is -1.38. The number of furan rings is 1. The summed E-state index contributed by atoms with van der Waals surface area (Å²) in [6.45, 7) is -0.0532. The van der Waals surface area contributed by atoms with Crippen LogP contribution < -0.4 is 4.90 Å². The second-order valence-electron chi connectivity index (χ2n) is 4.05. The Bertz CT molecular complexity index is 503. The molecule has 0 atom stereocenters. The number of benzene rings is 1. The zero-order chi connectivity index (χ0) is 13.1. The fraction of sp³-hybridized carbons (Fsp3) is 0.231. The minimum Gasteiger partial charge on any atom is -0.472 e. The molecule has 1 N–H and O–H groups in total. The molecule has 0 saturated carbocycles. The minimum atomic E-state index is -0.690. The van der Waals surface area contributed by atoms with Crippen molar-refractivity contribution in [2.75, 3.05) is 11.9 Å². The van der Waals surface area contributed by atoms with Gasteiger partial charge >= 0.3 is 0 Å². The van der Waals surface area contributed by atoms with E-state index in [9.17, 15) is 8.78 Å². The van der Waals surface area contributed by atoms with Crippen LogP contribution in [0, 0.1) is 11.6 Å². The molecule has 1 aromatic heterocycles. The second kappa shape index (κ2) is 5.18. The fourth-order valence-electron chi connectivity index (χ4n) is 1.81. The molecule has 1 aromatic carbocycles. The lowest BCUT2D eigenvalue weighted by atomic mass is 10.1. The van der Waals surface area contributed by atoms with E-state index in [-0.39, 0.29) is 17.9 Å². The van der Waals surface area contributed by atoms with Gasteiger partial charge in [-0.15, -0.1) is 0 Å². The van der Waals surface area contributed by atoms with Gasteiger partial charge in [0.1, 0.15) is 17.3 Å². The van der Waals surface area contributed by atoms with E-state index in [4.69, 9.17) is 9.52 Å². The average Bonchev–Trinajstić information content (AvgIpc) is 2.80. The highest BCUT2D eigenvalue weighted by atomic mass is 19.1. The average molecular weight is 253 g/mol. The SMILES string of the molecule is CN(Cc1ccoc1)c1c(F)cc(CO)cc1F. The molecule has 2 rings (SSSR count). The van der Waals surface area contributed by atoms with E-state index in [1.54, 1.807) is 13.1 Å². The van der Waals surface area contributed by atoms with Gasteiger partial charge < -0.3 is 14.4 Å². The number of hydrogen-bond donors (Lipinski definition) is 1. The number of nitrogens with zero attached hydrogens (tertiary/aromatic N) is 1. The summed E-state index contributed by atoms with van der Waals surface area (Å²) in [4.78, 5) is 1.46. The van der Waals surface area contributed by atoms with E-state index in [1.165, 1.54) is 17.4 Å². The Labute approximate surface area is 103 Å². The normalized spacial score (nSPS) is 10.7. The van der Waals surface area contributed by atoms with Crippen molar-refractivity contribution in [2.24, 2.45) is 0 Å². The third kappa shape index (κ3) is 2.51. The molecule has 0 aliphatic heterocycles. The van der Waals surface area contributed by atoms with Crippen molar-refractivity contribution in [3.63, 3.8) is 0 Å². The molecule has 96 valence electrons.